The minimum Gasteiger partial charge on any atom is -0.494 e. The highest BCUT2D eigenvalue weighted by atomic mass is 16.5. The summed E-state index contributed by atoms with van der Waals surface area (Å²) in [6, 6.07) is 14.6. The van der Waals surface area contributed by atoms with Gasteiger partial charge in [0, 0.05) is 12.2 Å². The molecular weight excluding hydrogens is 292 g/mol. The Balaban J connectivity index is 1.87. The molecule has 0 aliphatic carbocycles. The van der Waals surface area contributed by atoms with Crippen LogP contribution in [0.15, 0.2) is 48.5 Å². The van der Waals surface area contributed by atoms with Gasteiger partial charge in [-0.15, -0.1) is 0 Å². The molecule has 2 rings (SSSR count). The first-order valence-electron chi connectivity index (χ1n) is 7.46. The van der Waals surface area contributed by atoms with E-state index in [2.05, 4.69) is 10.6 Å². The standard InChI is InChI=1S/C18H20N2O3/c1-3-23-16-10-8-15(9-11-16)20-18(22)17(21)19-12-14-7-5-4-6-13(14)2/h4-11H,3,12H2,1-2H3,(H,19,21)(H,20,22). The summed E-state index contributed by atoms with van der Waals surface area (Å²) in [5.41, 5.74) is 2.60. The van der Waals surface area contributed by atoms with E-state index in [0.717, 1.165) is 16.9 Å². The number of nitrogens with one attached hydrogen (secondary N) is 2. The average Bonchev–Trinajstić information content (AvgIpc) is 2.56. The Bertz CT molecular complexity index is 681. The van der Waals surface area contributed by atoms with Gasteiger partial charge in [-0.3, -0.25) is 9.59 Å². The van der Waals surface area contributed by atoms with E-state index in [1.807, 2.05) is 38.1 Å². The Morgan fingerprint density at radius 2 is 1.70 bits per heavy atom. The fourth-order valence-corrected chi connectivity index (χ4v) is 2.05. The fraction of sp³-hybridized carbons (Fsp3) is 0.222. The smallest absolute Gasteiger partial charge is 0.313 e. The predicted molar refractivity (Wildman–Crippen MR) is 89.3 cm³/mol. The molecule has 0 aliphatic heterocycles. The number of anilines is 1. The van der Waals surface area contributed by atoms with Crippen LogP contribution in [-0.4, -0.2) is 18.4 Å². The number of amides is 2. The number of carbonyl (C=O) groups is 2. The third-order valence-corrected chi connectivity index (χ3v) is 3.33. The SMILES string of the molecule is CCOc1ccc(NC(=O)C(=O)NCc2ccccc2C)cc1. The predicted octanol–water partition coefficient (Wildman–Crippen LogP) is 2.65. The summed E-state index contributed by atoms with van der Waals surface area (Å²) in [5.74, 6) is -0.639. The van der Waals surface area contributed by atoms with Gasteiger partial charge in [0.15, 0.2) is 0 Å². The monoisotopic (exact) mass is 312 g/mol. The van der Waals surface area contributed by atoms with E-state index >= 15 is 0 Å². The highest BCUT2D eigenvalue weighted by Crippen LogP contribution is 2.15. The third kappa shape index (κ3) is 4.85. The Hall–Kier alpha value is -2.82. The molecule has 0 bridgehead atoms. The van der Waals surface area contributed by atoms with Gasteiger partial charge in [-0.05, 0) is 49.2 Å². The zero-order valence-electron chi connectivity index (χ0n) is 13.3. The van der Waals surface area contributed by atoms with Gasteiger partial charge in [0.05, 0.1) is 6.61 Å². The molecule has 0 spiro atoms. The molecule has 0 aliphatic rings. The number of rotatable bonds is 5. The van der Waals surface area contributed by atoms with Crippen LogP contribution in [0.5, 0.6) is 5.75 Å². The zero-order chi connectivity index (χ0) is 16.7. The van der Waals surface area contributed by atoms with Gasteiger partial charge in [-0.25, -0.2) is 0 Å². The van der Waals surface area contributed by atoms with Crippen molar-refractivity contribution in [1.82, 2.24) is 5.32 Å². The van der Waals surface area contributed by atoms with E-state index in [9.17, 15) is 9.59 Å². The molecule has 0 fully saturated rings. The van der Waals surface area contributed by atoms with E-state index in [4.69, 9.17) is 4.74 Å². The summed E-state index contributed by atoms with van der Waals surface area (Å²) in [6.45, 7) is 4.76. The van der Waals surface area contributed by atoms with Crippen LogP contribution in [0, 0.1) is 6.92 Å². The zero-order valence-corrected chi connectivity index (χ0v) is 13.3. The molecule has 2 N–H and O–H groups in total. The topological polar surface area (TPSA) is 67.4 Å². The van der Waals surface area contributed by atoms with Crippen molar-refractivity contribution in [3.8, 4) is 5.75 Å². The molecule has 0 heterocycles. The van der Waals surface area contributed by atoms with Crippen molar-refractivity contribution in [1.29, 1.82) is 0 Å². The van der Waals surface area contributed by atoms with Crippen LogP contribution in [0.4, 0.5) is 5.69 Å². The molecular formula is C18H20N2O3. The molecule has 5 nitrogen and oxygen atoms in total. The number of aryl methyl sites for hydroxylation is 1. The molecule has 0 atom stereocenters. The third-order valence-electron chi connectivity index (χ3n) is 3.33. The molecule has 0 radical (unpaired) electrons. The largest absolute Gasteiger partial charge is 0.494 e. The Morgan fingerprint density at radius 1 is 1.00 bits per heavy atom. The molecule has 0 aromatic heterocycles. The van der Waals surface area contributed by atoms with Crippen LogP contribution in [0.2, 0.25) is 0 Å². The average molecular weight is 312 g/mol. The minimum absolute atomic E-state index is 0.322. The van der Waals surface area contributed by atoms with Crippen molar-refractivity contribution in [2.75, 3.05) is 11.9 Å². The van der Waals surface area contributed by atoms with Gasteiger partial charge in [0.2, 0.25) is 0 Å². The number of hydrogen-bond donors (Lipinski definition) is 2. The van der Waals surface area contributed by atoms with Gasteiger partial charge in [0.1, 0.15) is 5.75 Å². The molecule has 0 saturated heterocycles. The lowest BCUT2D eigenvalue weighted by atomic mass is 10.1. The van der Waals surface area contributed by atoms with Crippen LogP contribution >= 0.6 is 0 Å². The maximum atomic E-state index is 11.9. The highest BCUT2D eigenvalue weighted by Gasteiger charge is 2.13. The summed E-state index contributed by atoms with van der Waals surface area (Å²) in [5, 5.41) is 5.17. The Labute approximate surface area is 135 Å². The molecule has 120 valence electrons. The molecule has 2 aromatic rings. The van der Waals surface area contributed by atoms with Crippen LogP contribution in [0.1, 0.15) is 18.1 Å². The van der Waals surface area contributed by atoms with E-state index in [-0.39, 0.29) is 0 Å². The quantitative estimate of drug-likeness (QED) is 0.834. The van der Waals surface area contributed by atoms with Crippen LogP contribution in [-0.2, 0) is 16.1 Å². The van der Waals surface area contributed by atoms with Gasteiger partial charge in [0.25, 0.3) is 0 Å². The summed E-state index contributed by atoms with van der Waals surface area (Å²) < 4.78 is 5.32. The van der Waals surface area contributed by atoms with Gasteiger partial charge < -0.3 is 15.4 Å². The maximum Gasteiger partial charge on any atom is 0.313 e. The van der Waals surface area contributed by atoms with E-state index in [0.29, 0.717) is 18.8 Å². The van der Waals surface area contributed by atoms with Crippen LogP contribution in [0.3, 0.4) is 0 Å². The lowest BCUT2D eigenvalue weighted by Gasteiger charge is -2.09. The summed E-state index contributed by atoms with van der Waals surface area (Å²) in [7, 11) is 0. The fourth-order valence-electron chi connectivity index (χ4n) is 2.05. The van der Waals surface area contributed by atoms with E-state index in [1.165, 1.54) is 0 Å². The summed E-state index contributed by atoms with van der Waals surface area (Å²) >= 11 is 0. The number of carbonyl (C=O) groups excluding carboxylic acids is 2. The molecule has 2 amide bonds. The molecule has 0 saturated carbocycles. The lowest BCUT2D eigenvalue weighted by molar-refractivity contribution is -0.136. The van der Waals surface area contributed by atoms with Gasteiger partial charge in [-0.2, -0.15) is 0 Å². The lowest BCUT2D eigenvalue weighted by Crippen LogP contribution is -2.35. The van der Waals surface area contributed by atoms with Gasteiger partial charge >= 0.3 is 11.8 Å². The minimum atomic E-state index is -0.692. The van der Waals surface area contributed by atoms with Crippen molar-refractivity contribution in [2.24, 2.45) is 0 Å². The number of hydrogen-bond acceptors (Lipinski definition) is 3. The van der Waals surface area contributed by atoms with Crippen molar-refractivity contribution < 1.29 is 14.3 Å². The summed E-state index contributed by atoms with van der Waals surface area (Å²) in [4.78, 5) is 23.7. The van der Waals surface area contributed by atoms with Crippen molar-refractivity contribution in [2.45, 2.75) is 20.4 Å². The maximum absolute atomic E-state index is 11.9. The molecule has 0 unspecified atom stereocenters. The second-order valence-corrected chi connectivity index (χ2v) is 5.02. The number of benzene rings is 2. The van der Waals surface area contributed by atoms with Crippen molar-refractivity contribution in [3.05, 3.63) is 59.7 Å². The van der Waals surface area contributed by atoms with Crippen LogP contribution in [0.25, 0.3) is 0 Å². The first kappa shape index (κ1) is 16.5. The molecule has 23 heavy (non-hydrogen) atoms. The first-order chi connectivity index (χ1) is 11.1. The van der Waals surface area contributed by atoms with Crippen molar-refractivity contribution >= 4 is 17.5 Å². The van der Waals surface area contributed by atoms with Crippen LogP contribution < -0.4 is 15.4 Å². The highest BCUT2D eigenvalue weighted by molar-refractivity contribution is 6.39. The molecule has 2 aromatic carbocycles. The second-order valence-electron chi connectivity index (χ2n) is 5.02. The molecule has 5 heteroatoms. The van der Waals surface area contributed by atoms with Gasteiger partial charge in [-0.1, -0.05) is 24.3 Å². The summed E-state index contributed by atoms with van der Waals surface area (Å²) in [6.07, 6.45) is 0. The first-order valence-corrected chi connectivity index (χ1v) is 7.46. The normalized spacial score (nSPS) is 10.0. The van der Waals surface area contributed by atoms with E-state index in [1.54, 1.807) is 24.3 Å². The van der Waals surface area contributed by atoms with E-state index < -0.39 is 11.8 Å². The number of ether oxygens (including phenoxy) is 1. The van der Waals surface area contributed by atoms with Crippen molar-refractivity contribution in [3.63, 3.8) is 0 Å². The Morgan fingerprint density at radius 3 is 2.35 bits per heavy atom. The Kier molecular flexibility index (Phi) is 5.74. The second kappa shape index (κ2) is 7.98.